The van der Waals surface area contributed by atoms with Crippen LogP contribution in [-0.4, -0.2) is 18.2 Å². The number of nitrogens with two attached hydrogens (primary N) is 2. The van der Waals surface area contributed by atoms with Crippen molar-refractivity contribution in [3.05, 3.63) is 93.7 Å². The van der Waals surface area contributed by atoms with E-state index in [1.165, 1.54) is 38.6 Å². The van der Waals surface area contributed by atoms with Crippen LogP contribution < -0.4 is 21.9 Å². The van der Waals surface area contributed by atoms with Crippen molar-refractivity contribution in [2.24, 2.45) is 11.6 Å². The second-order valence-corrected chi connectivity index (χ2v) is 10.5. The molecule has 40 heavy (non-hydrogen) atoms. The predicted octanol–water partition coefficient (Wildman–Crippen LogP) is 8.44. The maximum atomic E-state index is 11.5. The summed E-state index contributed by atoms with van der Waals surface area (Å²) < 4.78 is 0. The molecule has 0 saturated carbocycles. The van der Waals surface area contributed by atoms with E-state index in [1.54, 1.807) is 17.1 Å². The van der Waals surface area contributed by atoms with E-state index in [9.17, 15) is 5.11 Å². The van der Waals surface area contributed by atoms with E-state index in [0.717, 1.165) is 34.5 Å². The number of benzene rings is 2. The van der Waals surface area contributed by atoms with E-state index in [2.05, 4.69) is 19.2 Å². The van der Waals surface area contributed by atoms with Crippen LogP contribution in [0.1, 0.15) is 98.1 Å². The molecule has 0 aliphatic heterocycles. The molecule has 1 unspecified atom stereocenters. The first-order valence-corrected chi connectivity index (χ1v) is 15.1. The Morgan fingerprint density at radius 2 is 1.52 bits per heavy atom. The number of rotatable bonds is 10. The predicted molar refractivity (Wildman–Crippen MR) is 176 cm³/mol. The van der Waals surface area contributed by atoms with Gasteiger partial charge in [0, 0.05) is 10.6 Å². The molecule has 0 heterocycles. The zero-order valence-electron chi connectivity index (χ0n) is 25.9. The topological polar surface area (TPSA) is 87.5 Å². The maximum Gasteiger partial charge on any atom is 0.111 e. The highest BCUT2D eigenvalue weighted by molar-refractivity contribution is 6.30. The Morgan fingerprint density at radius 3 is 2.08 bits per heavy atom. The van der Waals surface area contributed by atoms with Gasteiger partial charge in [-0.2, -0.15) is 0 Å². The number of aliphatic hydroxyl groups is 1. The van der Waals surface area contributed by atoms with E-state index < -0.39 is 5.60 Å². The molecule has 0 bridgehead atoms. The number of hydrazine groups is 1. The average Bonchev–Trinajstić information content (AvgIpc) is 3.04. The van der Waals surface area contributed by atoms with Crippen molar-refractivity contribution in [1.82, 2.24) is 5.32 Å². The normalized spacial score (nSPS) is 16.6. The minimum Gasteiger partial charge on any atom is -0.397 e. The van der Waals surface area contributed by atoms with Crippen molar-refractivity contribution >= 4 is 23.0 Å². The number of nitrogens with zero attached hydrogens (tertiary/aromatic N) is 1. The van der Waals surface area contributed by atoms with Crippen LogP contribution in [0.5, 0.6) is 0 Å². The number of nitrogens with one attached hydrogen (secondary N) is 1. The van der Waals surface area contributed by atoms with Crippen LogP contribution in [0.2, 0.25) is 5.02 Å². The second-order valence-electron chi connectivity index (χ2n) is 10.1. The van der Waals surface area contributed by atoms with Gasteiger partial charge in [0.15, 0.2) is 0 Å². The Bertz CT molecular complexity index is 1100. The Balaban J connectivity index is 0.000000477. The van der Waals surface area contributed by atoms with Crippen molar-refractivity contribution in [2.45, 2.75) is 92.6 Å². The summed E-state index contributed by atoms with van der Waals surface area (Å²) in [5, 5.41) is 17.0. The first-order valence-electron chi connectivity index (χ1n) is 14.7. The van der Waals surface area contributed by atoms with Crippen molar-refractivity contribution in [3.63, 3.8) is 0 Å². The van der Waals surface area contributed by atoms with Crippen LogP contribution in [0.4, 0.5) is 5.69 Å². The lowest BCUT2D eigenvalue weighted by molar-refractivity contribution is 0.0711. The highest BCUT2D eigenvalue weighted by Crippen LogP contribution is 2.44. The van der Waals surface area contributed by atoms with Gasteiger partial charge in [0.05, 0.1) is 17.1 Å². The molecule has 0 fully saturated rings. The molecule has 0 spiro atoms. The first-order chi connectivity index (χ1) is 19.1. The van der Waals surface area contributed by atoms with Crippen LogP contribution in [0.15, 0.2) is 77.5 Å². The summed E-state index contributed by atoms with van der Waals surface area (Å²) in [7, 11) is 0. The number of anilines is 1. The summed E-state index contributed by atoms with van der Waals surface area (Å²) in [5.41, 5.74) is 10.7. The number of hydrogen-bond donors (Lipinski definition) is 4. The summed E-state index contributed by atoms with van der Waals surface area (Å²) >= 11 is 6.00. The molecule has 0 radical (unpaired) electrons. The molecular formula is C34H53ClN4O. The lowest BCUT2D eigenvalue weighted by Gasteiger charge is -2.31. The smallest absolute Gasteiger partial charge is 0.111 e. The summed E-state index contributed by atoms with van der Waals surface area (Å²) in [5.74, 6) is 6.48. The second kappa shape index (κ2) is 18.7. The molecule has 1 aliphatic carbocycles. The molecule has 0 saturated heterocycles. The zero-order chi connectivity index (χ0) is 30.1. The molecule has 6 N–H and O–H groups in total. The standard InChI is InChI=1S/C21H24ClN3O.C9H21N.C4H8/c1-4-21(26)14(3)13(2)19(23)20(17-7-5-6-8-18(17)21)25(24)16-11-9-15(22)10-12-16;1-3-5-6-7-8-9-10-4-2;1-3-4-2/h5-12,26H,4,23-24H2,1-3H3;10H,3-9H2,1-2H3;3-4H,1-2H3/b;;4-3-. The van der Waals surface area contributed by atoms with Gasteiger partial charge in [-0.3, -0.25) is 5.01 Å². The fourth-order valence-electron chi connectivity index (χ4n) is 4.56. The SMILES string of the molecule is C/C=C\C.CCC1(O)C(C)=C(C)C(N)=C(N(N)c2ccc(Cl)cc2)c2ccccc21.CCCCCCCNCC. The van der Waals surface area contributed by atoms with Crippen LogP contribution in [0.3, 0.4) is 0 Å². The molecule has 2 aromatic carbocycles. The third kappa shape index (κ3) is 9.81. The zero-order valence-corrected chi connectivity index (χ0v) is 26.6. The fourth-order valence-corrected chi connectivity index (χ4v) is 4.69. The van der Waals surface area contributed by atoms with Crippen LogP contribution in [0, 0.1) is 0 Å². The number of hydrogen-bond acceptors (Lipinski definition) is 5. The van der Waals surface area contributed by atoms with Crippen molar-refractivity contribution in [1.29, 1.82) is 0 Å². The number of allylic oxidation sites excluding steroid dienone is 3. The highest BCUT2D eigenvalue weighted by atomic mass is 35.5. The van der Waals surface area contributed by atoms with Crippen molar-refractivity contribution in [2.75, 3.05) is 18.1 Å². The van der Waals surface area contributed by atoms with Gasteiger partial charge in [-0.1, -0.05) is 94.5 Å². The van der Waals surface area contributed by atoms with Gasteiger partial charge < -0.3 is 16.2 Å². The van der Waals surface area contributed by atoms with Gasteiger partial charge in [0.1, 0.15) is 5.60 Å². The maximum absolute atomic E-state index is 11.5. The monoisotopic (exact) mass is 568 g/mol. The molecule has 3 rings (SSSR count). The summed E-state index contributed by atoms with van der Waals surface area (Å²) in [6.07, 6.45) is 11.5. The number of unbranched alkanes of at least 4 members (excludes halogenated alkanes) is 4. The van der Waals surface area contributed by atoms with Gasteiger partial charge >= 0.3 is 0 Å². The largest absolute Gasteiger partial charge is 0.397 e. The highest BCUT2D eigenvalue weighted by Gasteiger charge is 2.37. The number of fused-ring (bicyclic) bond motifs is 1. The van der Waals surface area contributed by atoms with E-state index in [4.69, 9.17) is 23.2 Å². The van der Waals surface area contributed by atoms with Crippen LogP contribution in [-0.2, 0) is 5.60 Å². The minimum absolute atomic E-state index is 0.541. The third-order valence-corrected chi connectivity index (χ3v) is 7.62. The van der Waals surface area contributed by atoms with E-state index in [0.29, 0.717) is 22.8 Å². The molecule has 5 nitrogen and oxygen atoms in total. The van der Waals surface area contributed by atoms with Gasteiger partial charge in [0.2, 0.25) is 0 Å². The van der Waals surface area contributed by atoms with Gasteiger partial charge in [-0.25, -0.2) is 5.84 Å². The summed E-state index contributed by atoms with van der Waals surface area (Å²) in [6.45, 7) is 16.6. The molecule has 2 aromatic rings. The minimum atomic E-state index is -1.09. The lowest BCUT2D eigenvalue weighted by atomic mass is 9.81. The third-order valence-electron chi connectivity index (χ3n) is 7.37. The summed E-state index contributed by atoms with van der Waals surface area (Å²) in [4.78, 5) is 0. The molecule has 1 aliphatic rings. The Labute approximate surface area is 249 Å². The van der Waals surface area contributed by atoms with Gasteiger partial charge in [-0.05, 0) is 94.6 Å². The first kappa shape index (κ1) is 35.5. The van der Waals surface area contributed by atoms with Gasteiger partial charge in [0.25, 0.3) is 0 Å². The lowest BCUT2D eigenvalue weighted by Crippen LogP contribution is -2.32. The Hall–Kier alpha value is -2.57. The van der Waals surface area contributed by atoms with Gasteiger partial charge in [-0.15, -0.1) is 0 Å². The summed E-state index contributed by atoms with van der Waals surface area (Å²) in [6, 6.07) is 15.0. The Morgan fingerprint density at radius 1 is 0.925 bits per heavy atom. The Kier molecular flexibility index (Phi) is 16.6. The van der Waals surface area contributed by atoms with E-state index in [-0.39, 0.29) is 0 Å². The molecule has 0 aromatic heterocycles. The van der Waals surface area contributed by atoms with Crippen LogP contribution >= 0.6 is 11.6 Å². The van der Waals surface area contributed by atoms with Crippen LogP contribution in [0.25, 0.3) is 5.70 Å². The number of halogens is 1. The van der Waals surface area contributed by atoms with E-state index >= 15 is 0 Å². The van der Waals surface area contributed by atoms with Crippen molar-refractivity contribution in [3.8, 4) is 0 Å². The molecule has 6 heteroatoms. The fraction of sp³-hybridized carbons (Fsp3) is 0.471. The molecule has 1 atom stereocenters. The molecule has 0 amide bonds. The van der Waals surface area contributed by atoms with E-state index in [1.807, 2.05) is 83.2 Å². The molecule has 222 valence electrons. The molecular weight excluding hydrogens is 516 g/mol. The van der Waals surface area contributed by atoms with Crippen molar-refractivity contribution < 1.29 is 5.11 Å². The average molecular weight is 569 g/mol. The quantitative estimate of drug-likeness (QED) is 0.0999.